The smallest absolute Gasteiger partial charge is 0.262 e. The summed E-state index contributed by atoms with van der Waals surface area (Å²) in [5, 5.41) is 13.7. The molecule has 0 spiro atoms. The molecule has 20 nitrogen and oxygen atoms in total. The fourth-order valence-corrected chi connectivity index (χ4v) is 13.1. The molecule has 3 aromatic carbocycles. The molecule has 0 aliphatic carbocycles. The predicted octanol–water partition coefficient (Wildman–Crippen LogP) is 6.26. The summed E-state index contributed by atoms with van der Waals surface area (Å²) in [6, 6.07) is 10.2. The second kappa shape index (κ2) is 20.8. The SMILES string of the molecule is COc1cc(N2CCC(N3CCN(CC4CCN(c5ccc6c(c5)C(=O)N(C5CCC(=O)NC5=O)C6=O)CC4)CC3)CC2)c(-c2cnn(C)c2)c(F)c1Nc1ncc(Cl)c(Nc2ccc3nccnc3c2P(C)(C)=O)n1. The Hall–Kier alpha value is -7.06. The summed E-state index contributed by atoms with van der Waals surface area (Å²) in [6.45, 7) is 11.4. The van der Waals surface area contributed by atoms with E-state index in [0.717, 1.165) is 95.2 Å². The van der Waals surface area contributed by atoms with Crippen LogP contribution in [-0.4, -0.2) is 159 Å². The number of imide groups is 2. The topological polar surface area (TPSA) is 216 Å². The molecule has 5 aliphatic rings. The summed E-state index contributed by atoms with van der Waals surface area (Å²) in [7, 11) is 0.405. The molecule has 396 valence electrons. The largest absolute Gasteiger partial charge is 0.494 e. The van der Waals surface area contributed by atoms with Crippen LogP contribution in [0, 0.1) is 11.7 Å². The lowest BCUT2D eigenvalue weighted by atomic mass is 9.95. The van der Waals surface area contributed by atoms with Crippen LogP contribution in [0.3, 0.4) is 0 Å². The molecule has 3 aromatic heterocycles. The van der Waals surface area contributed by atoms with Gasteiger partial charge in [-0.1, -0.05) is 11.6 Å². The van der Waals surface area contributed by atoms with E-state index in [4.69, 9.17) is 16.3 Å². The van der Waals surface area contributed by atoms with Crippen molar-refractivity contribution < 1.29 is 32.9 Å². The van der Waals surface area contributed by atoms with Crippen molar-refractivity contribution in [3.05, 3.63) is 89.3 Å². The zero-order chi connectivity index (χ0) is 53.0. The Bertz CT molecular complexity index is 3330. The number of rotatable bonds is 13. The second-order valence-electron chi connectivity index (χ2n) is 20.6. The Labute approximate surface area is 443 Å². The number of aromatic nitrogens is 6. The minimum absolute atomic E-state index is 0.0436. The van der Waals surface area contributed by atoms with E-state index >= 15 is 4.39 Å². The zero-order valence-electron chi connectivity index (χ0n) is 42.8. The maximum absolute atomic E-state index is 17.4. The maximum Gasteiger partial charge on any atom is 0.262 e. The summed E-state index contributed by atoms with van der Waals surface area (Å²) in [5.74, 6) is -1.48. The summed E-state index contributed by atoms with van der Waals surface area (Å²) < 4.78 is 38.5. The third-order valence-corrected chi connectivity index (χ3v) is 17.3. The number of hydrogen-bond donors (Lipinski definition) is 3. The van der Waals surface area contributed by atoms with Gasteiger partial charge in [0.05, 0.1) is 52.8 Å². The monoisotopic (exact) mass is 1070 g/mol. The van der Waals surface area contributed by atoms with Crippen LogP contribution in [0.15, 0.2) is 67.4 Å². The number of halogens is 2. The van der Waals surface area contributed by atoms with Crippen LogP contribution in [0.4, 0.5) is 38.9 Å². The normalized spacial score (nSPS) is 19.4. The van der Waals surface area contributed by atoms with E-state index in [0.29, 0.717) is 56.4 Å². The Kier molecular flexibility index (Phi) is 14.0. The van der Waals surface area contributed by atoms with Crippen LogP contribution in [0.5, 0.6) is 5.75 Å². The average molecular weight is 1070 g/mol. The van der Waals surface area contributed by atoms with E-state index in [-0.39, 0.29) is 46.6 Å². The molecular formula is C53H59ClFN14O6P. The fourth-order valence-electron chi connectivity index (χ4n) is 11.6. The zero-order valence-corrected chi connectivity index (χ0v) is 44.4. The highest BCUT2D eigenvalue weighted by molar-refractivity contribution is 7.71. The number of piperidine rings is 3. The average Bonchev–Trinajstić information content (AvgIpc) is 3.97. The lowest BCUT2D eigenvalue weighted by molar-refractivity contribution is -0.136. The van der Waals surface area contributed by atoms with Gasteiger partial charge in [-0.3, -0.25) is 48.9 Å². The molecule has 5 aliphatic heterocycles. The number of nitrogens with one attached hydrogen (secondary N) is 3. The molecule has 8 heterocycles. The Morgan fingerprint density at radius 2 is 1.58 bits per heavy atom. The highest BCUT2D eigenvalue weighted by Gasteiger charge is 2.45. The number of anilines is 6. The van der Waals surface area contributed by atoms with E-state index in [9.17, 15) is 23.7 Å². The molecule has 4 saturated heterocycles. The number of ether oxygens (including phenoxy) is 1. The molecule has 1 unspecified atom stereocenters. The van der Waals surface area contributed by atoms with E-state index in [1.165, 1.54) is 13.3 Å². The van der Waals surface area contributed by atoms with Crippen molar-refractivity contribution in [2.24, 2.45) is 13.0 Å². The van der Waals surface area contributed by atoms with Gasteiger partial charge in [-0.05, 0) is 81.7 Å². The number of amides is 4. The molecule has 6 aromatic rings. The number of nitrogens with zero attached hydrogens (tertiary/aromatic N) is 11. The van der Waals surface area contributed by atoms with Crippen molar-refractivity contribution in [2.75, 3.05) is 99.8 Å². The van der Waals surface area contributed by atoms with Crippen LogP contribution in [0.25, 0.3) is 22.2 Å². The van der Waals surface area contributed by atoms with E-state index < -0.39 is 42.6 Å². The number of carbonyl (C=O) groups is 4. The molecule has 4 amide bonds. The van der Waals surface area contributed by atoms with Crippen LogP contribution < -0.4 is 35.8 Å². The molecule has 1 atom stereocenters. The summed E-state index contributed by atoms with van der Waals surface area (Å²) >= 11 is 6.64. The van der Waals surface area contributed by atoms with E-state index in [1.54, 1.807) is 74.1 Å². The van der Waals surface area contributed by atoms with Crippen LogP contribution in [0.2, 0.25) is 5.02 Å². The molecular weight excluding hydrogens is 1010 g/mol. The summed E-state index contributed by atoms with van der Waals surface area (Å²) in [6.07, 6.45) is 12.0. The number of piperazine rings is 1. The van der Waals surface area contributed by atoms with Crippen molar-refractivity contribution in [1.82, 2.24) is 49.7 Å². The summed E-state index contributed by atoms with van der Waals surface area (Å²) in [5.41, 5.74) is 4.81. The van der Waals surface area contributed by atoms with Gasteiger partial charge in [-0.15, -0.1) is 0 Å². The van der Waals surface area contributed by atoms with Gasteiger partial charge in [0.25, 0.3) is 11.8 Å². The van der Waals surface area contributed by atoms with Gasteiger partial charge in [0.15, 0.2) is 11.6 Å². The maximum atomic E-state index is 17.4. The van der Waals surface area contributed by atoms with Crippen molar-refractivity contribution in [3.8, 4) is 16.9 Å². The molecule has 0 radical (unpaired) electrons. The molecule has 0 bridgehead atoms. The lowest BCUT2D eigenvalue weighted by Gasteiger charge is -2.44. The van der Waals surface area contributed by atoms with Gasteiger partial charge in [-0.25, -0.2) is 9.37 Å². The molecule has 23 heteroatoms. The van der Waals surface area contributed by atoms with Gasteiger partial charge in [0.1, 0.15) is 35.2 Å². The quantitative estimate of drug-likeness (QED) is 0.0859. The number of hydrogen-bond acceptors (Lipinski definition) is 17. The fraction of sp³-hybridized carbons (Fsp3) is 0.415. The van der Waals surface area contributed by atoms with Gasteiger partial charge in [0.2, 0.25) is 17.8 Å². The molecule has 3 N–H and O–H groups in total. The molecule has 4 fully saturated rings. The van der Waals surface area contributed by atoms with Crippen molar-refractivity contribution >= 4 is 93.2 Å². The minimum atomic E-state index is -2.90. The lowest BCUT2D eigenvalue weighted by Crippen LogP contribution is -2.54. The predicted molar refractivity (Wildman–Crippen MR) is 289 cm³/mol. The van der Waals surface area contributed by atoms with Crippen LogP contribution in [0.1, 0.15) is 59.2 Å². The highest BCUT2D eigenvalue weighted by atomic mass is 35.5. The second-order valence-corrected chi connectivity index (χ2v) is 24.2. The van der Waals surface area contributed by atoms with Crippen LogP contribution in [-0.2, 0) is 21.2 Å². The third kappa shape index (κ3) is 9.96. The number of aryl methyl sites for hydroxylation is 1. The van der Waals surface area contributed by atoms with Crippen molar-refractivity contribution in [2.45, 2.75) is 50.6 Å². The van der Waals surface area contributed by atoms with Crippen LogP contribution >= 0.6 is 18.7 Å². The molecule has 11 rings (SSSR count). The first kappa shape index (κ1) is 51.1. The highest BCUT2D eigenvalue weighted by Crippen LogP contribution is 2.45. The Morgan fingerprint density at radius 3 is 2.29 bits per heavy atom. The van der Waals surface area contributed by atoms with Gasteiger partial charge >= 0.3 is 0 Å². The number of benzene rings is 3. The van der Waals surface area contributed by atoms with E-state index in [1.807, 2.05) is 12.1 Å². The minimum Gasteiger partial charge on any atom is -0.494 e. The van der Waals surface area contributed by atoms with Crippen molar-refractivity contribution in [1.29, 1.82) is 0 Å². The summed E-state index contributed by atoms with van der Waals surface area (Å²) in [4.78, 5) is 79.6. The molecule has 76 heavy (non-hydrogen) atoms. The van der Waals surface area contributed by atoms with Gasteiger partial charge in [-0.2, -0.15) is 10.1 Å². The third-order valence-electron chi connectivity index (χ3n) is 15.5. The van der Waals surface area contributed by atoms with Gasteiger partial charge < -0.3 is 34.6 Å². The Balaban J connectivity index is 0.711. The van der Waals surface area contributed by atoms with E-state index in [2.05, 4.69) is 60.6 Å². The van der Waals surface area contributed by atoms with Gasteiger partial charge in [0, 0.05) is 120 Å². The number of fused-ring (bicyclic) bond motifs is 2. The number of methoxy groups -OCH3 is 1. The standard InChI is InChI=1S/C53H59ClFN14O6P/c1-64-30-32(27-59-64)44-41(26-42(75-2)47(45(44)55)62-53-58-28-37(54)49(63-53)60-39-8-7-38-46(57-16-15-56-38)48(39)76(3,4)74)68-19-13-33(14-20-68)67-23-21-65(22-24-67)29-31-11-17-66(18-12-31)34-5-6-35-36(25-34)52(73)69(51(35)72)40-9-10-43(70)61-50(40)71/h5-8,15-16,25-28,30-31,33,40H,9-14,17-24,29H2,1-4H3,(H,61,70,71)(H2,58,60,62,63). The first-order chi connectivity index (χ1) is 36.6. The first-order valence-corrected chi connectivity index (χ1v) is 28.7. The first-order valence-electron chi connectivity index (χ1n) is 25.7. The van der Waals surface area contributed by atoms with Crippen molar-refractivity contribution in [3.63, 3.8) is 0 Å². The Morgan fingerprint density at radius 1 is 0.842 bits per heavy atom. The number of carbonyl (C=O) groups excluding carboxylic acids is 4. The molecule has 0 saturated carbocycles.